The van der Waals surface area contributed by atoms with E-state index < -0.39 is 12.2 Å². The first kappa shape index (κ1) is 22.5. The zero-order valence-electron chi connectivity index (χ0n) is 17.6. The normalized spacial score (nSPS) is 11.0. The molecule has 31 heavy (non-hydrogen) atoms. The highest BCUT2D eigenvalue weighted by molar-refractivity contribution is 5.95. The van der Waals surface area contributed by atoms with E-state index in [9.17, 15) is 9.18 Å². The van der Waals surface area contributed by atoms with Crippen molar-refractivity contribution >= 4 is 5.91 Å². The maximum atomic E-state index is 13.3. The van der Waals surface area contributed by atoms with E-state index >= 15 is 0 Å². The molecular formula is C23H26FN3O4. The lowest BCUT2D eigenvalue weighted by atomic mass is 10.2. The first-order chi connectivity index (χ1) is 15.1. The second-order valence-corrected chi connectivity index (χ2v) is 6.59. The van der Waals surface area contributed by atoms with Gasteiger partial charge in [0.1, 0.15) is 12.4 Å². The maximum Gasteiger partial charge on any atom is 0.275 e. The molecule has 7 nitrogen and oxygen atoms in total. The van der Waals surface area contributed by atoms with Gasteiger partial charge in [0.15, 0.2) is 17.7 Å². The van der Waals surface area contributed by atoms with Crippen LogP contribution in [0, 0.1) is 5.82 Å². The van der Waals surface area contributed by atoms with Crippen LogP contribution in [0.5, 0.6) is 5.75 Å². The Morgan fingerprint density at radius 1 is 1.06 bits per heavy atom. The van der Waals surface area contributed by atoms with Gasteiger partial charge in [-0.3, -0.25) is 4.79 Å². The Hall–Kier alpha value is -3.23. The highest BCUT2D eigenvalue weighted by Gasteiger charge is 2.20. The third kappa shape index (κ3) is 6.37. The van der Waals surface area contributed by atoms with E-state index in [1.54, 1.807) is 18.3 Å². The van der Waals surface area contributed by atoms with Crippen LogP contribution in [0.4, 0.5) is 4.39 Å². The molecule has 0 unspecified atom stereocenters. The number of carbonyl (C=O) groups excluding carboxylic acids is 1. The summed E-state index contributed by atoms with van der Waals surface area (Å²) in [5, 5.41) is 7.14. The van der Waals surface area contributed by atoms with E-state index in [0.717, 1.165) is 5.56 Å². The molecule has 164 valence electrons. The minimum Gasteiger partial charge on any atom is -0.485 e. The van der Waals surface area contributed by atoms with Crippen LogP contribution in [0.15, 0.2) is 60.8 Å². The summed E-state index contributed by atoms with van der Waals surface area (Å²) in [5.74, 6) is -0.462. The number of halogens is 1. The third-order valence-corrected chi connectivity index (χ3v) is 4.36. The fourth-order valence-electron chi connectivity index (χ4n) is 2.88. The summed E-state index contributed by atoms with van der Waals surface area (Å²) in [6.07, 6.45) is 1.06. The van der Waals surface area contributed by atoms with Crippen LogP contribution < -0.4 is 10.1 Å². The summed E-state index contributed by atoms with van der Waals surface area (Å²) in [5.41, 5.74) is 1.68. The molecule has 0 fully saturated rings. The van der Waals surface area contributed by atoms with Gasteiger partial charge in [0.25, 0.3) is 5.91 Å². The Balaban J connectivity index is 1.79. The SMILES string of the molecule is CCOC(CNC(=O)c1nn(-c2ccc(F)cc2)cc1OCc1ccccc1)OCC. The van der Waals surface area contributed by atoms with Crippen molar-refractivity contribution < 1.29 is 23.4 Å². The van der Waals surface area contributed by atoms with E-state index in [4.69, 9.17) is 14.2 Å². The summed E-state index contributed by atoms with van der Waals surface area (Å²) in [6, 6.07) is 15.4. The molecule has 0 bridgehead atoms. The molecule has 0 aliphatic carbocycles. The minimum atomic E-state index is -0.549. The largest absolute Gasteiger partial charge is 0.485 e. The topological polar surface area (TPSA) is 74.6 Å². The zero-order chi connectivity index (χ0) is 22.1. The number of nitrogens with one attached hydrogen (secondary N) is 1. The van der Waals surface area contributed by atoms with Gasteiger partial charge in [-0.1, -0.05) is 30.3 Å². The summed E-state index contributed by atoms with van der Waals surface area (Å²) >= 11 is 0. The molecule has 0 saturated carbocycles. The van der Waals surface area contributed by atoms with Gasteiger partial charge >= 0.3 is 0 Å². The van der Waals surface area contributed by atoms with Crippen molar-refractivity contribution in [2.75, 3.05) is 19.8 Å². The number of nitrogens with zero attached hydrogens (tertiary/aromatic N) is 2. The smallest absolute Gasteiger partial charge is 0.275 e. The van der Waals surface area contributed by atoms with Gasteiger partial charge in [0.2, 0.25) is 0 Å². The van der Waals surface area contributed by atoms with E-state index in [1.807, 2.05) is 44.2 Å². The second-order valence-electron chi connectivity index (χ2n) is 6.59. The maximum absolute atomic E-state index is 13.3. The van der Waals surface area contributed by atoms with Crippen LogP contribution >= 0.6 is 0 Å². The number of rotatable bonds is 11. The van der Waals surface area contributed by atoms with Gasteiger partial charge in [0.05, 0.1) is 18.4 Å². The first-order valence-electron chi connectivity index (χ1n) is 10.1. The first-order valence-corrected chi connectivity index (χ1v) is 10.1. The van der Waals surface area contributed by atoms with Crippen molar-refractivity contribution in [3.05, 3.63) is 77.9 Å². The van der Waals surface area contributed by atoms with Gasteiger partial charge in [-0.15, -0.1) is 0 Å². The molecule has 0 atom stereocenters. The van der Waals surface area contributed by atoms with Crippen LogP contribution in [0.3, 0.4) is 0 Å². The quantitative estimate of drug-likeness (QED) is 0.472. The monoisotopic (exact) mass is 427 g/mol. The predicted octanol–water partition coefficient (Wildman–Crippen LogP) is 3.72. The molecule has 1 N–H and O–H groups in total. The Kier molecular flexibility index (Phi) is 8.14. The Morgan fingerprint density at radius 3 is 2.39 bits per heavy atom. The number of benzene rings is 2. The fourth-order valence-corrected chi connectivity index (χ4v) is 2.88. The fraction of sp³-hybridized carbons (Fsp3) is 0.304. The number of hydrogen-bond acceptors (Lipinski definition) is 5. The van der Waals surface area contributed by atoms with E-state index in [0.29, 0.717) is 24.7 Å². The molecule has 1 aromatic heterocycles. The molecule has 1 heterocycles. The lowest BCUT2D eigenvalue weighted by molar-refractivity contribution is -0.131. The van der Waals surface area contributed by atoms with Crippen molar-refractivity contribution in [2.45, 2.75) is 26.7 Å². The predicted molar refractivity (Wildman–Crippen MR) is 114 cm³/mol. The van der Waals surface area contributed by atoms with Gasteiger partial charge in [-0.25, -0.2) is 9.07 Å². The number of amides is 1. The summed E-state index contributed by atoms with van der Waals surface area (Å²) in [6.45, 7) is 5.08. The number of aromatic nitrogens is 2. The van der Waals surface area contributed by atoms with E-state index in [2.05, 4.69) is 10.4 Å². The van der Waals surface area contributed by atoms with Gasteiger partial charge in [-0.05, 0) is 43.7 Å². The third-order valence-electron chi connectivity index (χ3n) is 4.36. The second kappa shape index (κ2) is 11.2. The highest BCUT2D eigenvalue weighted by Crippen LogP contribution is 2.21. The number of hydrogen-bond donors (Lipinski definition) is 1. The van der Waals surface area contributed by atoms with E-state index in [1.165, 1.54) is 16.8 Å². The summed E-state index contributed by atoms with van der Waals surface area (Å²) in [4.78, 5) is 12.9. The summed E-state index contributed by atoms with van der Waals surface area (Å²) < 4.78 is 31.6. The van der Waals surface area contributed by atoms with Crippen molar-refractivity contribution in [1.29, 1.82) is 0 Å². The lowest BCUT2D eigenvalue weighted by Crippen LogP contribution is -2.35. The molecular weight excluding hydrogens is 401 g/mol. The van der Waals surface area contributed by atoms with Gasteiger partial charge in [-0.2, -0.15) is 5.10 Å². The molecule has 3 aromatic rings. The molecule has 0 saturated heterocycles. The van der Waals surface area contributed by atoms with Crippen molar-refractivity contribution in [1.82, 2.24) is 15.1 Å². The average Bonchev–Trinajstić information content (AvgIpc) is 3.22. The lowest BCUT2D eigenvalue weighted by Gasteiger charge is -2.17. The Morgan fingerprint density at radius 2 is 1.74 bits per heavy atom. The van der Waals surface area contributed by atoms with E-state index in [-0.39, 0.29) is 24.7 Å². The van der Waals surface area contributed by atoms with Crippen molar-refractivity contribution in [3.8, 4) is 11.4 Å². The van der Waals surface area contributed by atoms with Crippen LogP contribution in [0.1, 0.15) is 29.9 Å². The molecule has 0 aliphatic heterocycles. The molecule has 0 spiro atoms. The van der Waals surface area contributed by atoms with Crippen LogP contribution in [-0.4, -0.2) is 41.7 Å². The average molecular weight is 427 g/mol. The summed E-state index contributed by atoms with van der Waals surface area (Å²) in [7, 11) is 0. The van der Waals surface area contributed by atoms with Crippen molar-refractivity contribution in [2.24, 2.45) is 0 Å². The van der Waals surface area contributed by atoms with Crippen LogP contribution in [-0.2, 0) is 16.1 Å². The molecule has 0 radical (unpaired) electrons. The molecule has 3 rings (SSSR count). The van der Waals surface area contributed by atoms with Gasteiger partial charge in [0, 0.05) is 13.2 Å². The zero-order valence-corrected chi connectivity index (χ0v) is 17.6. The van der Waals surface area contributed by atoms with Crippen molar-refractivity contribution in [3.63, 3.8) is 0 Å². The number of carbonyl (C=O) groups is 1. The van der Waals surface area contributed by atoms with Gasteiger partial charge < -0.3 is 19.5 Å². The minimum absolute atomic E-state index is 0.118. The Bertz CT molecular complexity index is 955. The van der Waals surface area contributed by atoms with Crippen LogP contribution in [0.2, 0.25) is 0 Å². The number of ether oxygens (including phenoxy) is 3. The highest BCUT2D eigenvalue weighted by atomic mass is 19.1. The molecule has 8 heteroatoms. The molecule has 2 aromatic carbocycles. The molecule has 1 amide bonds. The standard InChI is InChI=1S/C23H26FN3O4/c1-3-29-21(30-4-2)14-25-23(28)22-20(31-16-17-8-6-5-7-9-17)15-27(26-22)19-12-10-18(24)11-13-19/h5-13,15,21H,3-4,14,16H2,1-2H3,(H,25,28). The Labute approximate surface area is 180 Å². The molecule has 0 aliphatic rings. The van der Waals surface area contributed by atoms with Crippen LogP contribution in [0.25, 0.3) is 5.69 Å².